The highest BCUT2D eigenvalue weighted by atomic mass is 35.5. The average Bonchev–Trinajstić information content (AvgIpc) is 3.36. The molecule has 1 saturated heterocycles. The zero-order valence-electron chi connectivity index (χ0n) is 25.2. The van der Waals surface area contributed by atoms with Crippen molar-refractivity contribution in [1.82, 2.24) is 25.4 Å². The van der Waals surface area contributed by atoms with E-state index in [2.05, 4.69) is 36.1 Å². The zero-order chi connectivity index (χ0) is 31.4. The lowest BCUT2D eigenvalue weighted by molar-refractivity contribution is 0.00852. The molecule has 15 heteroatoms. The molecular formula is C30H41Cl2N7O6. The van der Waals surface area contributed by atoms with Crippen LogP contribution in [0.5, 0.6) is 0 Å². The van der Waals surface area contributed by atoms with Gasteiger partial charge in [-0.3, -0.25) is 9.80 Å². The van der Waals surface area contributed by atoms with Gasteiger partial charge in [0.2, 0.25) is 0 Å². The highest BCUT2D eigenvalue weighted by molar-refractivity contribution is 6.34. The molecule has 0 radical (unpaired) electrons. The van der Waals surface area contributed by atoms with Gasteiger partial charge in [-0.25, -0.2) is 9.59 Å². The number of benzene rings is 2. The third-order valence-electron chi connectivity index (χ3n) is 7.62. The molecule has 3 aromatic rings. The lowest BCUT2D eigenvalue weighted by Gasteiger charge is -2.24. The fourth-order valence-electron chi connectivity index (χ4n) is 5.31. The number of nitrogens with one attached hydrogen (secondary N) is 5. The minimum absolute atomic E-state index is 0.375. The SMILES string of the molecule is O=C1NCCN2CCOCCOCCN(CCNC(=O)Nc3cc(Cl)cc4c3[nH]c3c(cc(Cl)cc34)N1)CCOCCOCC2. The number of hydrogen-bond donors (Lipinski definition) is 5. The predicted molar refractivity (Wildman–Crippen MR) is 176 cm³/mol. The fourth-order valence-corrected chi connectivity index (χ4v) is 5.74. The summed E-state index contributed by atoms with van der Waals surface area (Å²) in [5.74, 6) is 0. The quantitative estimate of drug-likeness (QED) is 0.246. The summed E-state index contributed by atoms with van der Waals surface area (Å²) in [6.45, 7) is 8.85. The minimum atomic E-state index is -0.375. The van der Waals surface area contributed by atoms with Crippen LogP contribution >= 0.6 is 23.2 Å². The molecule has 13 nitrogen and oxygen atoms in total. The molecule has 45 heavy (non-hydrogen) atoms. The number of carbonyl (C=O) groups is 2. The Bertz CT molecular complexity index is 1320. The Kier molecular flexibility index (Phi) is 12.8. The van der Waals surface area contributed by atoms with Crippen LogP contribution in [0.1, 0.15) is 0 Å². The second-order valence-electron chi connectivity index (χ2n) is 10.8. The Morgan fingerprint density at radius 1 is 0.533 bits per heavy atom. The van der Waals surface area contributed by atoms with Crippen molar-refractivity contribution in [2.45, 2.75) is 0 Å². The molecule has 2 aromatic carbocycles. The van der Waals surface area contributed by atoms with Crippen molar-refractivity contribution < 1.29 is 28.5 Å². The van der Waals surface area contributed by atoms with Gasteiger partial charge < -0.3 is 45.2 Å². The Balaban J connectivity index is 1.40. The van der Waals surface area contributed by atoms with Crippen LogP contribution in [0.15, 0.2) is 24.3 Å². The summed E-state index contributed by atoms with van der Waals surface area (Å²) in [7, 11) is 0. The first-order valence-electron chi connectivity index (χ1n) is 15.3. The van der Waals surface area contributed by atoms with Crippen LogP contribution in [0.25, 0.3) is 21.8 Å². The predicted octanol–water partition coefficient (Wildman–Crippen LogP) is 3.57. The smallest absolute Gasteiger partial charge is 0.319 e. The molecule has 6 rings (SSSR count). The van der Waals surface area contributed by atoms with E-state index in [4.69, 9.17) is 42.1 Å². The van der Waals surface area contributed by atoms with E-state index in [1.54, 1.807) is 24.3 Å². The normalized spacial score (nSPS) is 22.8. The molecule has 0 atom stereocenters. The van der Waals surface area contributed by atoms with E-state index in [0.717, 1.165) is 10.8 Å². The van der Waals surface area contributed by atoms with E-state index < -0.39 is 0 Å². The Morgan fingerprint density at radius 3 is 1.29 bits per heavy atom. The van der Waals surface area contributed by atoms with Crippen LogP contribution < -0.4 is 21.3 Å². The van der Waals surface area contributed by atoms with Crippen molar-refractivity contribution in [2.75, 3.05) is 116 Å². The number of nitrogens with zero attached hydrogens (tertiary/aromatic N) is 2. The molecular weight excluding hydrogens is 625 g/mol. The molecule has 246 valence electrons. The van der Waals surface area contributed by atoms with Gasteiger partial charge in [-0.05, 0) is 24.3 Å². The van der Waals surface area contributed by atoms with E-state index in [-0.39, 0.29) is 12.1 Å². The maximum atomic E-state index is 13.0. The summed E-state index contributed by atoms with van der Waals surface area (Å²) in [5, 5.41) is 14.1. The maximum Gasteiger partial charge on any atom is 0.319 e. The molecule has 0 aliphatic carbocycles. The van der Waals surface area contributed by atoms with Gasteiger partial charge in [-0.2, -0.15) is 0 Å². The number of halogens is 2. The molecule has 0 unspecified atom stereocenters. The summed E-state index contributed by atoms with van der Waals surface area (Å²) in [5.41, 5.74) is 2.30. The Hall–Kier alpha value is -2.88. The number of H-pyrrole nitrogens is 1. The standard InChI is InChI=1S/C30H41Cl2N7O6/c31-21-17-23-24-18-22(32)20-26-28(24)37-27(23)25(19-21)35-29(40)33-1-3-38-5-9-42-13-15-44-11-7-39(4-2-34-30(41)36-26)8-12-45-16-14-43-10-6-38/h17-20,37H,1-16H2,(H2,33,35,40)(H2,34,36,41). The second-order valence-corrected chi connectivity index (χ2v) is 11.6. The van der Waals surface area contributed by atoms with Gasteiger partial charge in [0.05, 0.1) is 75.3 Å². The van der Waals surface area contributed by atoms with E-state index in [9.17, 15) is 9.59 Å². The average molecular weight is 667 g/mol. The summed E-state index contributed by atoms with van der Waals surface area (Å²) < 4.78 is 23.2. The molecule has 4 amide bonds. The number of hydrogen-bond acceptors (Lipinski definition) is 8. The van der Waals surface area contributed by atoms with Crippen LogP contribution in [0.2, 0.25) is 10.0 Å². The second kappa shape index (κ2) is 17.2. The third-order valence-corrected chi connectivity index (χ3v) is 8.06. The number of urea groups is 2. The number of fused-ring (bicyclic) bond motifs is 23. The van der Waals surface area contributed by atoms with Gasteiger partial charge in [0.25, 0.3) is 0 Å². The van der Waals surface area contributed by atoms with Crippen molar-refractivity contribution in [3.05, 3.63) is 34.3 Å². The fraction of sp³-hybridized carbons (Fsp3) is 0.533. The topological polar surface area (TPSA) is 141 Å². The largest absolute Gasteiger partial charge is 0.378 e. The highest BCUT2D eigenvalue weighted by Gasteiger charge is 2.17. The van der Waals surface area contributed by atoms with Gasteiger partial charge in [-0.1, -0.05) is 23.2 Å². The van der Waals surface area contributed by atoms with E-state index in [1.165, 1.54) is 0 Å². The lowest BCUT2D eigenvalue weighted by atomic mass is 10.1. The van der Waals surface area contributed by atoms with E-state index >= 15 is 0 Å². The molecule has 4 bridgehead atoms. The van der Waals surface area contributed by atoms with Gasteiger partial charge in [0.1, 0.15) is 0 Å². The Labute approximate surface area is 272 Å². The van der Waals surface area contributed by atoms with Gasteiger partial charge in [-0.15, -0.1) is 0 Å². The first-order chi connectivity index (χ1) is 22.0. The molecule has 3 aliphatic rings. The van der Waals surface area contributed by atoms with Gasteiger partial charge >= 0.3 is 12.1 Å². The number of anilines is 2. The first kappa shape index (κ1) is 33.5. The van der Waals surface area contributed by atoms with Crippen LogP contribution in [-0.4, -0.2) is 132 Å². The number of aromatic nitrogens is 1. The van der Waals surface area contributed by atoms with E-state index in [0.29, 0.717) is 138 Å². The minimum Gasteiger partial charge on any atom is -0.378 e. The highest BCUT2D eigenvalue weighted by Crippen LogP contribution is 2.38. The molecule has 4 heterocycles. The van der Waals surface area contributed by atoms with Crippen molar-refractivity contribution >= 4 is 68.4 Å². The Morgan fingerprint density at radius 2 is 0.911 bits per heavy atom. The van der Waals surface area contributed by atoms with Gasteiger partial charge in [0.15, 0.2) is 0 Å². The zero-order valence-corrected chi connectivity index (χ0v) is 26.7. The molecule has 0 saturated carbocycles. The summed E-state index contributed by atoms with van der Waals surface area (Å²) in [4.78, 5) is 33.7. The van der Waals surface area contributed by atoms with E-state index in [1.807, 2.05) is 0 Å². The van der Waals surface area contributed by atoms with Crippen molar-refractivity contribution in [2.24, 2.45) is 0 Å². The first-order valence-corrected chi connectivity index (χ1v) is 16.0. The monoisotopic (exact) mass is 665 g/mol. The number of aromatic amines is 1. The van der Waals surface area contributed by atoms with Crippen molar-refractivity contribution in [1.29, 1.82) is 0 Å². The van der Waals surface area contributed by atoms with Crippen molar-refractivity contribution in [3.63, 3.8) is 0 Å². The van der Waals surface area contributed by atoms with Crippen LogP contribution in [0.3, 0.4) is 0 Å². The molecule has 3 aliphatic heterocycles. The number of ether oxygens (including phenoxy) is 4. The number of carbonyl (C=O) groups excluding carboxylic acids is 2. The molecule has 1 aromatic heterocycles. The van der Waals surface area contributed by atoms with Crippen LogP contribution in [-0.2, 0) is 18.9 Å². The van der Waals surface area contributed by atoms with Crippen molar-refractivity contribution in [3.8, 4) is 0 Å². The summed E-state index contributed by atoms with van der Waals surface area (Å²) >= 11 is 13.0. The van der Waals surface area contributed by atoms with Crippen LogP contribution in [0, 0.1) is 0 Å². The summed E-state index contributed by atoms with van der Waals surface area (Å²) in [6, 6.07) is 6.21. The number of rotatable bonds is 0. The summed E-state index contributed by atoms with van der Waals surface area (Å²) in [6.07, 6.45) is 0. The van der Waals surface area contributed by atoms with Crippen LogP contribution in [0.4, 0.5) is 21.0 Å². The third kappa shape index (κ3) is 10.1. The molecule has 0 spiro atoms. The maximum absolute atomic E-state index is 13.0. The van der Waals surface area contributed by atoms with Gasteiger partial charge in [0, 0.05) is 73.2 Å². The molecule has 5 N–H and O–H groups in total. The molecule has 1 fully saturated rings. The number of amides is 4. The lowest BCUT2D eigenvalue weighted by Crippen LogP contribution is -2.40.